The van der Waals surface area contributed by atoms with Gasteiger partial charge in [0.15, 0.2) is 12.4 Å². The smallest absolute Gasteiger partial charge is 0.422 e. The number of nitriles is 1. The highest BCUT2D eigenvalue weighted by atomic mass is 19.4. The van der Waals surface area contributed by atoms with Crippen molar-refractivity contribution in [1.82, 2.24) is 9.97 Å². The minimum absolute atomic E-state index is 0.0487. The van der Waals surface area contributed by atoms with E-state index in [-0.39, 0.29) is 5.75 Å². The Morgan fingerprint density at radius 3 is 2.43 bits per heavy atom. The van der Waals surface area contributed by atoms with Crippen LogP contribution >= 0.6 is 0 Å². The van der Waals surface area contributed by atoms with Crippen LogP contribution in [0, 0.1) is 11.3 Å². The lowest BCUT2D eigenvalue weighted by atomic mass is 10.0. The highest BCUT2D eigenvalue weighted by molar-refractivity contribution is 5.80. The van der Waals surface area contributed by atoms with Gasteiger partial charge in [0.1, 0.15) is 5.82 Å². The van der Waals surface area contributed by atoms with E-state index in [9.17, 15) is 13.2 Å². The zero-order valence-electron chi connectivity index (χ0n) is 15.8. The second-order valence-corrected chi connectivity index (χ2v) is 7.00. The standard InChI is InChI=1S/C22H17F3N4O/c23-22(24,25)13-30-21-17(15-6-4-14(10-26)5-7-15)2-1-3-18(21)29-20-12-27-19(11-28-20)16-8-9-16/h1-7,11-12,16H,8-9,13H2,(H,28,29). The van der Waals surface area contributed by atoms with Crippen molar-refractivity contribution in [2.75, 3.05) is 11.9 Å². The molecule has 0 atom stereocenters. The number of rotatable bonds is 6. The molecule has 30 heavy (non-hydrogen) atoms. The van der Waals surface area contributed by atoms with E-state index in [0.29, 0.717) is 34.1 Å². The lowest BCUT2D eigenvalue weighted by Gasteiger charge is -2.18. The molecule has 4 rings (SSSR count). The fourth-order valence-corrected chi connectivity index (χ4v) is 3.03. The first kappa shape index (κ1) is 19.7. The summed E-state index contributed by atoms with van der Waals surface area (Å²) in [6, 6.07) is 13.6. The van der Waals surface area contributed by atoms with E-state index >= 15 is 0 Å². The number of anilines is 2. The van der Waals surface area contributed by atoms with Crippen LogP contribution in [0.3, 0.4) is 0 Å². The van der Waals surface area contributed by atoms with Gasteiger partial charge < -0.3 is 10.1 Å². The van der Waals surface area contributed by atoms with E-state index in [1.807, 2.05) is 6.07 Å². The highest BCUT2D eigenvalue weighted by Crippen LogP contribution is 2.40. The van der Waals surface area contributed by atoms with E-state index < -0.39 is 12.8 Å². The van der Waals surface area contributed by atoms with Gasteiger partial charge in [-0.05, 0) is 36.6 Å². The van der Waals surface area contributed by atoms with Crippen molar-refractivity contribution in [3.63, 3.8) is 0 Å². The van der Waals surface area contributed by atoms with Crippen LogP contribution in [0.5, 0.6) is 5.75 Å². The summed E-state index contributed by atoms with van der Waals surface area (Å²) < 4.78 is 43.8. The summed E-state index contributed by atoms with van der Waals surface area (Å²) in [5.74, 6) is 0.915. The van der Waals surface area contributed by atoms with E-state index in [4.69, 9.17) is 10.00 Å². The van der Waals surface area contributed by atoms with Gasteiger partial charge in [-0.2, -0.15) is 18.4 Å². The molecule has 1 saturated carbocycles. The van der Waals surface area contributed by atoms with Gasteiger partial charge in [0, 0.05) is 11.5 Å². The van der Waals surface area contributed by atoms with Gasteiger partial charge in [0.25, 0.3) is 0 Å². The first-order valence-corrected chi connectivity index (χ1v) is 9.35. The van der Waals surface area contributed by atoms with Crippen LogP contribution < -0.4 is 10.1 Å². The largest absolute Gasteiger partial charge is 0.481 e. The zero-order chi connectivity index (χ0) is 21.1. The number of halogens is 3. The van der Waals surface area contributed by atoms with Gasteiger partial charge in [-0.25, -0.2) is 4.98 Å². The van der Waals surface area contributed by atoms with Crippen molar-refractivity contribution in [2.45, 2.75) is 24.9 Å². The van der Waals surface area contributed by atoms with Crippen molar-refractivity contribution in [3.05, 3.63) is 66.1 Å². The molecule has 152 valence electrons. The quantitative estimate of drug-likeness (QED) is 0.575. The summed E-state index contributed by atoms with van der Waals surface area (Å²) in [6.07, 6.45) is 0.962. The number of para-hydroxylation sites is 1. The molecule has 0 aliphatic heterocycles. The average Bonchev–Trinajstić information content (AvgIpc) is 3.58. The highest BCUT2D eigenvalue weighted by Gasteiger charge is 2.30. The zero-order valence-corrected chi connectivity index (χ0v) is 15.8. The van der Waals surface area contributed by atoms with Crippen LogP contribution in [0.25, 0.3) is 11.1 Å². The molecule has 0 unspecified atom stereocenters. The van der Waals surface area contributed by atoms with E-state index in [0.717, 1.165) is 18.5 Å². The van der Waals surface area contributed by atoms with Crippen LogP contribution in [0.1, 0.15) is 30.0 Å². The molecule has 5 nitrogen and oxygen atoms in total. The topological polar surface area (TPSA) is 70.8 Å². The Morgan fingerprint density at radius 2 is 1.83 bits per heavy atom. The number of ether oxygens (including phenoxy) is 1. The Hall–Kier alpha value is -3.60. The summed E-state index contributed by atoms with van der Waals surface area (Å²) in [5, 5.41) is 12.0. The van der Waals surface area contributed by atoms with Crippen LogP contribution in [-0.2, 0) is 0 Å². The predicted octanol–water partition coefficient (Wildman–Crippen LogP) is 5.58. The maximum absolute atomic E-state index is 12.9. The fraction of sp³-hybridized carbons (Fsp3) is 0.227. The van der Waals surface area contributed by atoms with Crippen molar-refractivity contribution < 1.29 is 17.9 Å². The van der Waals surface area contributed by atoms with Crippen molar-refractivity contribution in [1.29, 1.82) is 5.26 Å². The third-order valence-electron chi connectivity index (χ3n) is 4.65. The molecule has 3 aromatic rings. The van der Waals surface area contributed by atoms with Crippen molar-refractivity contribution in [2.24, 2.45) is 0 Å². The molecule has 0 radical (unpaired) electrons. The van der Waals surface area contributed by atoms with Gasteiger partial charge in [-0.15, -0.1) is 0 Å². The van der Waals surface area contributed by atoms with Crippen LogP contribution in [0.2, 0.25) is 0 Å². The summed E-state index contributed by atoms with van der Waals surface area (Å²) in [4.78, 5) is 8.70. The Labute approximate surface area is 171 Å². The maximum atomic E-state index is 12.9. The first-order chi connectivity index (χ1) is 14.4. The molecule has 1 aliphatic rings. The molecule has 0 bridgehead atoms. The molecule has 2 aromatic carbocycles. The number of nitrogens with zero attached hydrogens (tertiary/aromatic N) is 3. The maximum Gasteiger partial charge on any atom is 0.422 e. The normalized spacial score (nSPS) is 13.5. The monoisotopic (exact) mass is 410 g/mol. The molecule has 0 saturated heterocycles. The Morgan fingerprint density at radius 1 is 1.07 bits per heavy atom. The number of aromatic nitrogens is 2. The molecule has 0 amide bonds. The van der Waals surface area contributed by atoms with Gasteiger partial charge >= 0.3 is 6.18 Å². The van der Waals surface area contributed by atoms with Gasteiger partial charge in [-0.3, -0.25) is 4.98 Å². The molecular formula is C22H17F3N4O. The Balaban J connectivity index is 1.67. The second kappa shape index (κ2) is 8.03. The average molecular weight is 410 g/mol. The fourth-order valence-electron chi connectivity index (χ4n) is 3.03. The van der Waals surface area contributed by atoms with E-state index in [1.54, 1.807) is 54.9 Å². The van der Waals surface area contributed by atoms with Crippen LogP contribution in [-0.4, -0.2) is 22.8 Å². The summed E-state index contributed by atoms with van der Waals surface area (Å²) >= 11 is 0. The van der Waals surface area contributed by atoms with Gasteiger partial charge in [0.2, 0.25) is 0 Å². The second-order valence-electron chi connectivity index (χ2n) is 7.00. The Kier molecular flexibility index (Phi) is 5.27. The van der Waals surface area contributed by atoms with E-state index in [2.05, 4.69) is 15.3 Å². The predicted molar refractivity (Wildman–Crippen MR) is 105 cm³/mol. The number of alkyl halides is 3. The molecule has 1 N–H and O–H groups in total. The molecule has 8 heteroatoms. The van der Waals surface area contributed by atoms with Crippen molar-refractivity contribution in [3.8, 4) is 22.9 Å². The van der Waals surface area contributed by atoms with Gasteiger partial charge in [-0.1, -0.05) is 24.3 Å². The molecule has 1 heterocycles. The molecule has 0 spiro atoms. The SMILES string of the molecule is N#Cc1ccc(-c2cccc(Nc3cnc(C4CC4)cn3)c2OCC(F)(F)F)cc1. The Bertz CT molecular complexity index is 1070. The number of nitrogens with one attached hydrogen (secondary N) is 1. The third kappa shape index (κ3) is 4.69. The van der Waals surface area contributed by atoms with Crippen molar-refractivity contribution >= 4 is 11.5 Å². The number of benzene rings is 2. The minimum Gasteiger partial charge on any atom is -0.481 e. The number of hydrogen-bond acceptors (Lipinski definition) is 5. The van der Waals surface area contributed by atoms with Crippen LogP contribution in [0.4, 0.5) is 24.7 Å². The molecule has 1 aromatic heterocycles. The molecule has 1 aliphatic carbocycles. The summed E-state index contributed by atoms with van der Waals surface area (Å²) in [6.45, 7) is -1.43. The van der Waals surface area contributed by atoms with E-state index in [1.165, 1.54) is 0 Å². The van der Waals surface area contributed by atoms with Gasteiger partial charge in [0.05, 0.1) is 35.4 Å². The van der Waals surface area contributed by atoms with Crippen LogP contribution in [0.15, 0.2) is 54.9 Å². The summed E-state index contributed by atoms with van der Waals surface area (Å²) in [7, 11) is 0. The molecule has 1 fully saturated rings. The third-order valence-corrected chi connectivity index (χ3v) is 4.65. The lowest BCUT2D eigenvalue weighted by molar-refractivity contribution is -0.153. The number of hydrogen-bond donors (Lipinski definition) is 1. The molecular weight excluding hydrogens is 393 g/mol. The summed E-state index contributed by atoms with van der Waals surface area (Å²) in [5.41, 5.74) is 2.81. The first-order valence-electron chi connectivity index (χ1n) is 9.35. The minimum atomic E-state index is -4.49. The lowest BCUT2D eigenvalue weighted by Crippen LogP contribution is -2.20.